The van der Waals surface area contributed by atoms with Crippen molar-refractivity contribution in [3.63, 3.8) is 0 Å². The minimum absolute atomic E-state index is 0.169. The van der Waals surface area contributed by atoms with Gasteiger partial charge in [0.15, 0.2) is 0 Å². The molecule has 15 heavy (non-hydrogen) atoms. The van der Waals surface area contributed by atoms with Crippen LogP contribution in [-0.4, -0.2) is 18.9 Å². The van der Waals surface area contributed by atoms with Crippen LogP contribution in [-0.2, 0) is 0 Å². The second kappa shape index (κ2) is 4.10. The van der Waals surface area contributed by atoms with E-state index < -0.39 is 8.07 Å². The van der Waals surface area contributed by atoms with Gasteiger partial charge in [-0.25, -0.2) is 0 Å². The molecule has 0 amide bonds. The van der Waals surface area contributed by atoms with Crippen LogP contribution >= 0.6 is 0 Å². The van der Waals surface area contributed by atoms with Crippen LogP contribution < -0.4 is 5.19 Å². The Balaban J connectivity index is 3.26. The molecule has 2 heteroatoms. The van der Waals surface area contributed by atoms with Gasteiger partial charge in [-0.3, -0.25) is 0 Å². The molecule has 0 aromatic heterocycles. The molecule has 1 aromatic carbocycles. The summed E-state index contributed by atoms with van der Waals surface area (Å²) < 4.78 is 0. The van der Waals surface area contributed by atoms with Gasteiger partial charge in [0.2, 0.25) is 0 Å². The third-order valence-electron chi connectivity index (χ3n) is 3.77. The number of aliphatic hydroxyl groups excluding tert-OH is 1. The van der Waals surface area contributed by atoms with Crippen molar-refractivity contribution in [3.05, 3.63) is 30.3 Å². The molecule has 0 aliphatic heterocycles. The summed E-state index contributed by atoms with van der Waals surface area (Å²) in [7, 11) is -1.85. The van der Waals surface area contributed by atoms with E-state index in [0.29, 0.717) is 0 Å². The Bertz CT molecular complexity index is 313. The summed E-state index contributed by atoms with van der Waals surface area (Å²) in [5.74, 6) is 0. The van der Waals surface area contributed by atoms with Gasteiger partial charge in [-0.05, 0) is 12.0 Å². The van der Waals surface area contributed by atoms with Crippen molar-refractivity contribution in [2.75, 3.05) is 0 Å². The van der Waals surface area contributed by atoms with Crippen molar-refractivity contribution in [2.45, 2.75) is 45.0 Å². The van der Waals surface area contributed by atoms with Gasteiger partial charge in [-0.2, -0.15) is 0 Å². The highest BCUT2D eigenvalue weighted by molar-refractivity contribution is 6.94. The maximum atomic E-state index is 10.1. The fraction of sp³-hybridized carbons (Fsp3) is 0.538. The van der Waals surface area contributed by atoms with Crippen molar-refractivity contribution < 1.29 is 5.11 Å². The summed E-state index contributed by atoms with van der Waals surface area (Å²) in [6.45, 7) is 10.9. The standard InChI is InChI=1S/C13H22OSi/c1-11(14)15(5,13(2,3)4)12-9-7-6-8-10-12/h6-11,14H,1-5H3. The number of hydrogen-bond acceptors (Lipinski definition) is 1. The first kappa shape index (κ1) is 12.5. The summed E-state index contributed by atoms with van der Waals surface area (Å²) in [4.78, 5) is 0. The molecule has 0 radical (unpaired) electrons. The molecule has 84 valence electrons. The first-order chi connectivity index (χ1) is 6.80. The molecule has 2 unspecified atom stereocenters. The van der Waals surface area contributed by atoms with Crippen LogP contribution in [0.5, 0.6) is 0 Å². The number of benzene rings is 1. The predicted molar refractivity (Wildman–Crippen MR) is 69.1 cm³/mol. The predicted octanol–water partition coefficient (Wildman–Crippen LogP) is 2.69. The van der Waals surface area contributed by atoms with Gasteiger partial charge in [0.1, 0.15) is 8.07 Å². The van der Waals surface area contributed by atoms with Gasteiger partial charge in [-0.1, -0.05) is 62.8 Å². The minimum atomic E-state index is -1.85. The van der Waals surface area contributed by atoms with E-state index in [9.17, 15) is 5.11 Å². The van der Waals surface area contributed by atoms with Crippen molar-refractivity contribution in [1.29, 1.82) is 0 Å². The smallest absolute Gasteiger partial charge is 0.120 e. The van der Waals surface area contributed by atoms with Gasteiger partial charge < -0.3 is 5.11 Å². The van der Waals surface area contributed by atoms with E-state index in [1.165, 1.54) is 5.19 Å². The van der Waals surface area contributed by atoms with Crippen molar-refractivity contribution in [2.24, 2.45) is 0 Å². The third kappa shape index (κ3) is 2.16. The molecule has 0 aliphatic carbocycles. The highest BCUT2D eigenvalue weighted by Gasteiger charge is 2.45. The SMILES string of the molecule is CC(O)[Si](C)(c1ccccc1)C(C)(C)C. The molecule has 0 saturated carbocycles. The lowest BCUT2D eigenvalue weighted by molar-refractivity contribution is 0.259. The van der Waals surface area contributed by atoms with Gasteiger partial charge in [-0.15, -0.1) is 0 Å². The summed E-state index contributed by atoms with van der Waals surface area (Å²) in [5.41, 5.74) is -0.222. The van der Waals surface area contributed by atoms with Crippen LogP contribution in [0, 0.1) is 0 Å². The molecular formula is C13H22OSi. The van der Waals surface area contributed by atoms with Gasteiger partial charge in [0.05, 0.1) is 0 Å². The fourth-order valence-corrected chi connectivity index (χ4v) is 5.57. The molecule has 0 fully saturated rings. The molecule has 2 atom stereocenters. The van der Waals surface area contributed by atoms with Gasteiger partial charge in [0.25, 0.3) is 0 Å². The number of aliphatic hydroxyl groups is 1. The second-order valence-corrected chi connectivity index (χ2v) is 10.8. The highest BCUT2D eigenvalue weighted by atomic mass is 28.3. The van der Waals surface area contributed by atoms with E-state index in [4.69, 9.17) is 0 Å². The van der Waals surface area contributed by atoms with Crippen LogP contribution in [0.15, 0.2) is 30.3 Å². The third-order valence-corrected chi connectivity index (χ3v) is 10.1. The van der Waals surface area contributed by atoms with E-state index in [2.05, 4.69) is 51.6 Å². The molecule has 1 rings (SSSR count). The topological polar surface area (TPSA) is 20.2 Å². The first-order valence-electron chi connectivity index (χ1n) is 5.53. The number of rotatable bonds is 2. The Hall–Kier alpha value is -0.603. The first-order valence-corrected chi connectivity index (χ1v) is 8.11. The lowest BCUT2D eigenvalue weighted by Crippen LogP contribution is -2.60. The Morgan fingerprint density at radius 2 is 1.60 bits per heavy atom. The van der Waals surface area contributed by atoms with Crippen LogP contribution in [0.3, 0.4) is 0 Å². The molecular weight excluding hydrogens is 200 g/mol. The zero-order chi connectivity index (χ0) is 11.7. The molecule has 1 N–H and O–H groups in total. The quantitative estimate of drug-likeness (QED) is 0.763. The Labute approximate surface area is 94.2 Å². The molecule has 1 aromatic rings. The summed E-state index contributed by atoms with van der Waals surface area (Å²) >= 11 is 0. The fourth-order valence-electron chi connectivity index (χ4n) is 2.09. The lowest BCUT2D eigenvalue weighted by atomic mass is 10.2. The molecule has 0 bridgehead atoms. The largest absolute Gasteiger partial charge is 0.396 e. The van der Waals surface area contributed by atoms with E-state index in [-0.39, 0.29) is 10.8 Å². The van der Waals surface area contributed by atoms with E-state index in [0.717, 1.165) is 0 Å². The molecule has 1 nitrogen and oxygen atoms in total. The average molecular weight is 222 g/mol. The highest BCUT2D eigenvalue weighted by Crippen LogP contribution is 2.37. The monoisotopic (exact) mass is 222 g/mol. The van der Waals surface area contributed by atoms with Gasteiger partial charge in [0, 0.05) is 5.73 Å². The Morgan fingerprint density at radius 3 is 1.93 bits per heavy atom. The van der Waals surface area contributed by atoms with Crippen molar-refractivity contribution in [1.82, 2.24) is 0 Å². The average Bonchev–Trinajstić information content (AvgIpc) is 2.16. The summed E-state index contributed by atoms with van der Waals surface area (Å²) in [6, 6.07) is 10.5. The molecule has 0 aliphatic rings. The Morgan fingerprint density at radius 1 is 1.13 bits per heavy atom. The van der Waals surface area contributed by atoms with Crippen LogP contribution in [0.4, 0.5) is 0 Å². The van der Waals surface area contributed by atoms with Crippen LogP contribution in [0.1, 0.15) is 27.7 Å². The zero-order valence-electron chi connectivity index (χ0n) is 10.4. The Kier molecular flexibility index (Phi) is 3.41. The maximum Gasteiger partial charge on any atom is 0.120 e. The van der Waals surface area contributed by atoms with E-state index in [1.54, 1.807) is 0 Å². The zero-order valence-corrected chi connectivity index (χ0v) is 11.4. The molecule has 0 saturated heterocycles. The van der Waals surface area contributed by atoms with Crippen LogP contribution in [0.25, 0.3) is 0 Å². The van der Waals surface area contributed by atoms with Gasteiger partial charge >= 0.3 is 0 Å². The van der Waals surface area contributed by atoms with E-state index >= 15 is 0 Å². The van der Waals surface area contributed by atoms with E-state index in [1.807, 2.05) is 13.0 Å². The number of hydrogen-bond donors (Lipinski definition) is 1. The maximum absolute atomic E-state index is 10.1. The second-order valence-electron chi connectivity index (χ2n) is 5.49. The summed E-state index contributed by atoms with van der Waals surface area (Å²) in [6.07, 6.45) is 0. The molecule has 0 spiro atoms. The molecule has 0 heterocycles. The lowest BCUT2D eigenvalue weighted by Gasteiger charge is -2.42. The van der Waals surface area contributed by atoms with Crippen molar-refractivity contribution in [3.8, 4) is 0 Å². The van der Waals surface area contributed by atoms with Crippen LogP contribution in [0.2, 0.25) is 11.6 Å². The normalized spacial score (nSPS) is 18.3. The minimum Gasteiger partial charge on any atom is -0.396 e. The summed E-state index contributed by atoms with van der Waals surface area (Å²) in [5, 5.41) is 11.6. The van der Waals surface area contributed by atoms with Crippen molar-refractivity contribution >= 4 is 13.3 Å².